The van der Waals surface area contributed by atoms with Crippen LogP contribution >= 0.6 is 0 Å². The van der Waals surface area contributed by atoms with Gasteiger partial charge in [-0.1, -0.05) is 0 Å². The van der Waals surface area contributed by atoms with E-state index in [0.717, 1.165) is 80.9 Å². The van der Waals surface area contributed by atoms with Crippen molar-refractivity contribution in [1.29, 1.82) is 0 Å². The Labute approximate surface area is 294 Å². The van der Waals surface area contributed by atoms with Gasteiger partial charge in [-0.25, -0.2) is 28.9 Å². The van der Waals surface area contributed by atoms with Gasteiger partial charge in [-0.3, -0.25) is 0 Å². The van der Waals surface area contributed by atoms with Crippen molar-refractivity contribution in [2.75, 3.05) is 79.1 Å². The van der Waals surface area contributed by atoms with Crippen molar-refractivity contribution in [1.82, 2.24) is 29.5 Å². The summed E-state index contributed by atoms with van der Waals surface area (Å²) >= 11 is 0. The third-order valence-electron chi connectivity index (χ3n) is 9.30. The molecule has 3 N–H and O–H groups in total. The third kappa shape index (κ3) is 7.59. The lowest BCUT2D eigenvalue weighted by atomic mass is 10.2. The molecule has 14 heteroatoms. The number of ether oxygens (including phenoxy) is 1. The van der Waals surface area contributed by atoms with Crippen LogP contribution in [0.1, 0.15) is 0 Å². The van der Waals surface area contributed by atoms with Crippen LogP contribution < -0.4 is 35.7 Å². The molecule has 0 saturated carbocycles. The highest BCUT2D eigenvalue weighted by Gasteiger charge is 2.19. The van der Waals surface area contributed by atoms with Gasteiger partial charge >= 0.3 is 11.4 Å². The molecule has 2 aromatic heterocycles. The van der Waals surface area contributed by atoms with Crippen LogP contribution in [0.25, 0.3) is 11.4 Å². The van der Waals surface area contributed by atoms with E-state index in [2.05, 4.69) is 64.3 Å². The highest BCUT2D eigenvalue weighted by Crippen LogP contribution is 2.25. The smallest absolute Gasteiger partial charge is 0.347 e. The molecule has 51 heavy (non-hydrogen) atoms. The molecule has 0 radical (unpaired) electrons. The molecule has 0 atom stereocenters. The number of hydrogen-bond donors (Lipinski definition) is 3. The number of anilines is 4. The molecule has 0 aliphatic carbocycles. The standard InChI is InChI=1S/C19H21N5O2.C18H19N5O2/c1-26-18-8-6-16(7-9-18)23-12-10-22(11-13-23)15-2-4-17(5-3-15)24-14-20-21-19(24)25;24-17-7-5-15(6-8-17)22-11-9-21(10-12-22)14-1-3-16(4-2-14)23-13-19-20-18(23)25/h2-9,14H,10-13H2,1H3,(H,21,25);1-8,13,24H,9-12H2,(H,20,25). The topological polar surface area (TPSA) is 144 Å². The molecule has 2 saturated heterocycles. The van der Waals surface area contributed by atoms with Crippen LogP contribution in [0.4, 0.5) is 22.7 Å². The number of nitrogens with one attached hydrogen (secondary N) is 2. The highest BCUT2D eigenvalue weighted by atomic mass is 16.5. The van der Waals surface area contributed by atoms with E-state index >= 15 is 0 Å². The molecule has 0 amide bonds. The summed E-state index contributed by atoms with van der Waals surface area (Å²) in [6.07, 6.45) is 2.97. The molecule has 4 heterocycles. The van der Waals surface area contributed by atoms with E-state index in [0.29, 0.717) is 5.75 Å². The quantitative estimate of drug-likeness (QED) is 0.228. The zero-order valence-electron chi connectivity index (χ0n) is 28.3. The van der Waals surface area contributed by atoms with Crippen molar-refractivity contribution < 1.29 is 9.84 Å². The fraction of sp³-hybridized carbons (Fsp3) is 0.243. The molecule has 2 aliphatic heterocycles. The Morgan fingerprint density at radius 1 is 0.490 bits per heavy atom. The lowest BCUT2D eigenvalue weighted by Gasteiger charge is -2.37. The van der Waals surface area contributed by atoms with E-state index in [1.54, 1.807) is 19.2 Å². The first-order valence-electron chi connectivity index (χ1n) is 16.8. The number of hydrogen-bond acceptors (Lipinski definition) is 10. The van der Waals surface area contributed by atoms with Crippen molar-refractivity contribution in [3.63, 3.8) is 0 Å². The SMILES string of the molecule is COc1ccc(N2CCN(c3ccc(-n4cn[nH]c4=O)cc3)CC2)cc1.O=c1[nH]ncn1-c1ccc(N2CCN(c3ccc(O)cc3)CC2)cc1. The van der Waals surface area contributed by atoms with E-state index in [1.165, 1.54) is 33.2 Å². The second-order valence-corrected chi connectivity index (χ2v) is 12.3. The molecular formula is C37H40N10O4. The van der Waals surface area contributed by atoms with E-state index in [-0.39, 0.29) is 11.4 Å². The maximum Gasteiger partial charge on any atom is 0.347 e. The Balaban J connectivity index is 0.000000159. The largest absolute Gasteiger partial charge is 0.508 e. The molecule has 0 bridgehead atoms. The molecular weight excluding hydrogens is 648 g/mol. The number of methoxy groups -OCH3 is 1. The van der Waals surface area contributed by atoms with Crippen molar-refractivity contribution in [3.8, 4) is 22.9 Å². The van der Waals surface area contributed by atoms with Gasteiger partial charge in [-0.15, -0.1) is 0 Å². The molecule has 0 unspecified atom stereocenters. The molecule has 6 aromatic rings. The minimum absolute atomic E-state index is 0.231. The predicted molar refractivity (Wildman–Crippen MR) is 198 cm³/mol. The third-order valence-corrected chi connectivity index (χ3v) is 9.30. The van der Waals surface area contributed by atoms with Crippen molar-refractivity contribution in [2.24, 2.45) is 0 Å². The van der Waals surface area contributed by atoms with Crippen LogP contribution in [0, 0.1) is 0 Å². The van der Waals surface area contributed by atoms with E-state index in [9.17, 15) is 14.7 Å². The number of H-pyrrole nitrogens is 2. The van der Waals surface area contributed by atoms with Gasteiger partial charge in [-0.2, -0.15) is 10.2 Å². The first-order valence-corrected chi connectivity index (χ1v) is 16.8. The van der Waals surface area contributed by atoms with Crippen LogP contribution in [-0.4, -0.2) is 94.1 Å². The molecule has 4 aromatic carbocycles. The summed E-state index contributed by atoms with van der Waals surface area (Å²) in [7, 11) is 1.68. The van der Waals surface area contributed by atoms with Crippen LogP contribution in [0.3, 0.4) is 0 Å². The lowest BCUT2D eigenvalue weighted by molar-refractivity contribution is 0.415. The summed E-state index contributed by atoms with van der Waals surface area (Å²) in [5, 5.41) is 21.7. The Morgan fingerprint density at radius 2 is 0.784 bits per heavy atom. The summed E-state index contributed by atoms with van der Waals surface area (Å²) in [5.74, 6) is 1.17. The van der Waals surface area contributed by atoms with Gasteiger partial charge in [0.05, 0.1) is 18.5 Å². The number of rotatable bonds is 7. The van der Waals surface area contributed by atoms with Gasteiger partial charge in [-0.05, 0) is 97.1 Å². The summed E-state index contributed by atoms with van der Waals surface area (Å²) < 4.78 is 8.19. The number of aromatic amines is 2. The fourth-order valence-corrected chi connectivity index (χ4v) is 6.41. The van der Waals surface area contributed by atoms with E-state index < -0.39 is 0 Å². The second-order valence-electron chi connectivity index (χ2n) is 12.3. The Bertz CT molecular complexity index is 2100. The molecule has 0 spiro atoms. The zero-order valence-corrected chi connectivity index (χ0v) is 28.3. The summed E-state index contributed by atoms with van der Waals surface area (Å²) in [4.78, 5) is 32.6. The van der Waals surface area contributed by atoms with Gasteiger partial charge in [0.1, 0.15) is 24.2 Å². The second kappa shape index (κ2) is 15.0. The maximum absolute atomic E-state index is 11.6. The van der Waals surface area contributed by atoms with Gasteiger partial charge in [0, 0.05) is 75.1 Å². The van der Waals surface area contributed by atoms with Gasteiger partial charge in [0.2, 0.25) is 0 Å². The minimum Gasteiger partial charge on any atom is -0.508 e. The minimum atomic E-state index is -0.240. The average Bonchev–Trinajstić information content (AvgIpc) is 3.83. The number of piperazine rings is 2. The summed E-state index contributed by atoms with van der Waals surface area (Å²) in [6, 6.07) is 31.5. The van der Waals surface area contributed by atoms with Crippen LogP contribution in [0.15, 0.2) is 119 Å². The number of aromatic nitrogens is 6. The van der Waals surface area contributed by atoms with E-state index in [1.807, 2.05) is 60.7 Å². The average molecular weight is 689 g/mol. The number of aromatic hydroxyl groups is 1. The van der Waals surface area contributed by atoms with Crippen LogP contribution in [-0.2, 0) is 0 Å². The fourth-order valence-electron chi connectivity index (χ4n) is 6.41. The van der Waals surface area contributed by atoms with Gasteiger partial charge in [0.15, 0.2) is 0 Å². The molecule has 2 aliphatic rings. The monoisotopic (exact) mass is 688 g/mol. The molecule has 262 valence electrons. The Morgan fingerprint density at radius 3 is 1.08 bits per heavy atom. The number of phenols is 1. The zero-order chi connectivity index (χ0) is 35.2. The summed E-state index contributed by atoms with van der Waals surface area (Å²) in [5.41, 5.74) is 5.80. The van der Waals surface area contributed by atoms with Crippen molar-refractivity contribution >= 4 is 22.7 Å². The molecule has 14 nitrogen and oxygen atoms in total. The first-order chi connectivity index (χ1) is 24.9. The Kier molecular flexibility index (Phi) is 9.72. The Hall–Kier alpha value is -6.44. The highest BCUT2D eigenvalue weighted by molar-refractivity contribution is 5.56. The van der Waals surface area contributed by atoms with Crippen molar-refractivity contribution in [2.45, 2.75) is 0 Å². The summed E-state index contributed by atoms with van der Waals surface area (Å²) in [6.45, 7) is 7.54. The maximum atomic E-state index is 11.6. The normalized spacial score (nSPS) is 14.6. The van der Waals surface area contributed by atoms with Crippen LogP contribution in [0.5, 0.6) is 11.5 Å². The van der Waals surface area contributed by atoms with E-state index in [4.69, 9.17) is 4.74 Å². The lowest BCUT2D eigenvalue weighted by Crippen LogP contribution is -2.46. The number of phenolic OH excluding ortho intramolecular Hbond substituents is 1. The molecule has 8 rings (SSSR count). The van der Waals surface area contributed by atoms with Gasteiger partial charge < -0.3 is 29.4 Å². The van der Waals surface area contributed by atoms with Crippen LogP contribution in [0.2, 0.25) is 0 Å². The number of benzene rings is 4. The van der Waals surface area contributed by atoms with Crippen molar-refractivity contribution in [3.05, 3.63) is 131 Å². The van der Waals surface area contributed by atoms with Gasteiger partial charge in [0.25, 0.3) is 0 Å². The molecule has 2 fully saturated rings. The first kappa shape index (κ1) is 33.1. The predicted octanol–water partition coefficient (Wildman–Crippen LogP) is 3.49. The number of nitrogens with zero attached hydrogens (tertiary/aromatic N) is 8.